The molecule has 0 spiro atoms. The molecule has 0 aliphatic heterocycles. The summed E-state index contributed by atoms with van der Waals surface area (Å²) < 4.78 is 0. The molecule has 0 aromatic rings. The number of hydrogen-bond acceptors (Lipinski definition) is 0. The van der Waals surface area contributed by atoms with Gasteiger partial charge in [0.1, 0.15) is 0 Å². The van der Waals surface area contributed by atoms with Crippen molar-refractivity contribution in [1.82, 2.24) is 0 Å². The quantitative estimate of drug-likeness (QED) is 0.446. The second-order valence-corrected chi connectivity index (χ2v) is 13.6. The summed E-state index contributed by atoms with van der Waals surface area (Å²) in [4.78, 5) is 0. The summed E-state index contributed by atoms with van der Waals surface area (Å²) in [5, 5.41) is 0.357. The highest BCUT2D eigenvalue weighted by Gasteiger charge is 2.57. The van der Waals surface area contributed by atoms with Gasteiger partial charge in [-0.05, 0) is 22.9 Å². The fourth-order valence-electron chi connectivity index (χ4n) is 2.69. The Hall–Kier alpha value is 0.797. The van der Waals surface area contributed by atoms with Gasteiger partial charge in [-0.1, -0.05) is 53.4 Å². The van der Waals surface area contributed by atoms with Crippen LogP contribution in [-0.4, -0.2) is 6.69 Å². The maximum Gasteiger partial charge on any atom is 0.262 e. The monoisotopic (exact) mass is 266 g/mol. The van der Waals surface area contributed by atoms with Crippen LogP contribution in [-0.2, 0) is 0 Å². The van der Waals surface area contributed by atoms with E-state index < -0.39 is 6.69 Å². The van der Waals surface area contributed by atoms with Crippen molar-refractivity contribution in [3.8, 4) is 0 Å². The summed E-state index contributed by atoms with van der Waals surface area (Å²) in [5.41, 5.74) is 0. The summed E-state index contributed by atoms with van der Waals surface area (Å²) in [5.74, 6) is 0. The van der Waals surface area contributed by atoms with Crippen LogP contribution in [0.4, 0.5) is 0 Å². The molecule has 90 valence electrons. The first-order chi connectivity index (χ1) is 6.77. The SMILES string of the molecule is CCC(C)(C)[Si](Cl)(Cl)C1(C)CCCCC1. The minimum atomic E-state index is -2.21. The van der Waals surface area contributed by atoms with Gasteiger partial charge in [0.2, 0.25) is 0 Å². The van der Waals surface area contributed by atoms with E-state index in [9.17, 15) is 0 Å². The van der Waals surface area contributed by atoms with E-state index in [1.807, 2.05) is 0 Å². The van der Waals surface area contributed by atoms with E-state index in [-0.39, 0.29) is 10.1 Å². The molecule has 0 bridgehead atoms. The van der Waals surface area contributed by atoms with Crippen LogP contribution in [0.1, 0.15) is 66.2 Å². The minimum absolute atomic E-state index is 0.127. The maximum atomic E-state index is 6.85. The van der Waals surface area contributed by atoms with Crippen molar-refractivity contribution < 1.29 is 0 Å². The van der Waals surface area contributed by atoms with Gasteiger partial charge in [0.15, 0.2) is 0 Å². The van der Waals surface area contributed by atoms with Crippen molar-refractivity contribution in [2.24, 2.45) is 0 Å². The molecule has 0 atom stereocenters. The smallest absolute Gasteiger partial charge is 0.145 e. The highest BCUT2D eigenvalue weighted by atomic mass is 35.7. The number of hydrogen-bond donors (Lipinski definition) is 0. The molecule has 0 saturated heterocycles. The largest absolute Gasteiger partial charge is 0.262 e. The van der Waals surface area contributed by atoms with E-state index in [1.54, 1.807) is 0 Å². The van der Waals surface area contributed by atoms with Gasteiger partial charge in [-0.15, -0.1) is 22.2 Å². The lowest BCUT2D eigenvalue weighted by Gasteiger charge is -2.49. The van der Waals surface area contributed by atoms with Crippen molar-refractivity contribution in [2.45, 2.75) is 76.3 Å². The molecule has 0 unspecified atom stereocenters. The molecule has 0 aromatic heterocycles. The van der Waals surface area contributed by atoms with Crippen LogP contribution in [0.5, 0.6) is 0 Å². The molecule has 1 saturated carbocycles. The van der Waals surface area contributed by atoms with Gasteiger partial charge in [-0.3, -0.25) is 0 Å². The van der Waals surface area contributed by atoms with E-state index in [2.05, 4.69) is 27.7 Å². The first kappa shape index (κ1) is 13.9. The summed E-state index contributed by atoms with van der Waals surface area (Å²) in [6, 6.07) is 0. The average Bonchev–Trinajstić information content (AvgIpc) is 2.18. The fourth-order valence-corrected chi connectivity index (χ4v) is 7.68. The minimum Gasteiger partial charge on any atom is -0.145 e. The van der Waals surface area contributed by atoms with Crippen molar-refractivity contribution in [1.29, 1.82) is 0 Å². The van der Waals surface area contributed by atoms with Crippen LogP contribution in [0.15, 0.2) is 0 Å². The Balaban J connectivity index is 2.92. The van der Waals surface area contributed by atoms with Crippen molar-refractivity contribution >= 4 is 28.9 Å². The van der Waals surface area contributed by atoms with Crippen LogP contribution in [0.25, 0.3) is 0 Å². The maximum absolute atomic E-state index is 6.85. The second kappa shape index (κ2) is 4.58. The predicted molar refractivity (Wildman–Crippen MR) is 73.2 cm³/mol. The van der Waals surface area contributed by atoms with Crippen molar-refractivity contribution in [3.63, 3.8) is 0 Å². The molecule has 0 amide bonds. The predicted octanol–water partition coefficient (Wildman–Crippen LogP) is 5.82. The van der Waals surface area contributed by atoms with Crippen LogP contribution in [0.2, 0.25) is 10.1 Å². The lowest BCUT2D eigenvalue weighted by atomic mass is 9.90. The van der Waals surface area contributed by atoms with E-state index in [1.165, 1.54) is 32.1 Å². The molecular formula is C12H24Cl2Si. The fraction of sp³-hybridized carbons (Fsp3) is 1.00. The number of halogens is 2. The van der Waals surface area contributed by atoms with Gasteiger partial charge < -0.3 is 0 Å². The summed E-state index contributed by atoms with van der Waals surface area (Å²) in [7, 11) is 0. The third-order valence-corrected chi connectivity index (χ3v) is 14.3. The lowest BCUT2D eigenvalue weighted by molar-refractivity contribution is 0.382. The Kier molecular flexibility index (Phi) is 4.23. The summed E-state index contributed by atoms with van der Waals surface area (Å²) in [6.45, 7) is 6.82. The van der Waals surface area contributed by atoms with Crippen LogP contribution >= 0.6 is 22.2 Å². The van der Waals surface area contributed by atoms with Gasteiger partial charge >= 0.3 is 0 Å². The molecule has 1 rings (SSSR count). The Morgan fingerprint density at radius 3 is 2.00 bits per heavy atom. The number of rotatable bonds is 3. The standard InChI is InChI=1S/C12H24Cl2Si/c1-5-11(2,3)15(13,14)12(4)9-7-6-8-10-12/h5-10H2,1-4H3. The Morgan fingerprint density at radius 2 is 1.60 bits per heavy atom. The second-order valence-electron chi connectivity index (χ2n) is 5.93. The zero-order valence-corrected chi connectivity index (χ0v) is 13.0. The first-order valence-corrected chi connectivity index (χ1v) is 10.2. The topological polar surface area (TPSA) is 0 Å². The molecule has 0 nitrogen and oxygen atoms in total. The Labute approximate surface area is 105 Å². The van der Waals surface area contributed by atoms with Crippen LogP contribution in [0, 0.1) is 0 Å². The Bertz CT molecular complexity index is 218. The molecule has 0 N–H and O–H groups in total. The third kappa shape index (κ3) is 2.40. The highest BCUT2D eigenvalue weighted by Crippen LogP contribution is 2.63. The molecule has 0 heterocycles. The molecule has 1 aliphatic carbocycles. The van der Waals surface area contributed by atoms with E-state index >= 15 is 0 Å². The van der Waals surface area contributed by atoms with E-state index in [4.69, 9.17) is 22.2 Å². The van der Waals surface area contributed by atoms with Gasteiger partial charge in [0.25, 0.3) is 6.69 Å². The molecule has 0 radical (unpaired) electrons. The van der Waals surface area contributed by atoms with E-state index in [0.29, 0.717) is 0 Å². The Morgan fingerprint density at radius 1 is 1.13 bits per heavy atom. The molecule has 0 aromatic carbocycles. The summed E-state index contributed by atoms with van der Waals surface area (Å²) >= 11 is 13.7. The molecule has 1 fully saturated rings. The van der Waals surface area contributed by atoms with Gasteiger partial charge in [-0.25, -0.2) is 0 Å². The molecule has 3 heteroatoms. The van der Waals surface area contributed by atoms with Gasteiger partial charge in [0.05, 0.1) is 0 Å². The third-order valence-electron chi connectivity index (χ3n) is 4.45. The lowest BCUT2D eigenvalue weighted by Crippen LogP contribution is -2.46. The van der Waals surface area contributed by atoms with Crippen molar-refractivity contribution in [3.05, 3.63) is 0 Å². The van der Waals surface area contributed by atoms with E-state index in [0.717, 1.165) is 6.42 Å². The van der Waals surface area contributed by atoms with Crippen LogP contribution in [0.3, 0.4) is 0 Å². The molecule has 15 heavy (non-hydrogen) atoms. The van der Waals surface area contributed by atoms with Crippen molar-refractivity contribution in [2.75, 3.05) is 0 Å². The highest BCUT2D eigenvalue weighted by molar-refractivity contribution is 7.47. The van der Waals surface area contributed by atoms with Crippen LogP contribution < -0.4 is 0 Å². The normalized spacial score (nSPS) is 22.8. The zero-order chi connectivity index (χ0) is 11.7. The molecular weight excluding hydrogens is 243 g/mol. The molecule has 1 aliphatic rings. The van der Waals surface area contributed by atoms with Gasteiger partial charge in [-0.2, -0.15) is 0 Å². The average molecular weight is 267 g/mol. The zero-order valence-electron chi connectivity index (χ0n) is 10.5. The first-order valence-electron chi connectivity index (χ1n) is 6.15. The summed E-state index contributed by atoms with van der Waals surface area (Å²) in [6.07, 6.45) is 7.53. The van der Waals surface area contributed by atoms with Gasteiger partial charge in [0, 0.05) is 0 Å².